The number of carbonyl (C=O) groups excluding carboxylic acids is 1. The summed E-state index contributed by atoms with van der Waals surface area (Å²) in [5.41, 5.74) is 4.23. The number of hydrogen-bond acceptors (Lipinski definition) is 3. The van der Waals surface area contributed by atoms with Crippen molar-refractivity contribution in [2.45, 2.75) is 45.6 Å². The van der Waals surface area contributed by atoms with Gasteiger partial charge in [-0.1, -0.05) is 6.92 Å². The molecule has 1 saturated carbocycles. The van der Waals surface area contributed by atoms with E-state index in [-0.39, 0.29) is 11.7 Å². The molecule has 2 heterocycles. The molecule has 1 aromatic heterocycles. The lowest BCUT2D eigenvalue weighted by Gasteiger charge is -2.33. The number of carbonyl (C=O) groups is 1. The molecule has 2 aromatic rings. The number of ketones is 1. The number of aromatic nitrogens is 1. The van der Waals surface area contributed by atoms with Crippen molar-refractivity contribution in [3.63, 3.8) is 0 Å². The van der Waals surface area contributed by atoms with Crippen molar-refractivity contribution >= 4 is 5.78 Å². The van der Waals surface area contributed by atoms with Gasteiger partial charge in [-0.05, 0) is 50.5 Å². The van der Waals surface area contributed by atoms with E-state index in [0.717, 1.165) is 41.2 Å². The fourth-order valence-electron chi connectivity index (χ4n) is 3.92. The first kappa shape index (κ1) is 16.2. The predicted molar refractivity (Wildman–Crippen MR) is 97.8 cm³/mol. The lowest BCUT2D eigenvalue weighted by atomic mass is 9.84. The molecule has 25 heavy (non-hydrogen) atoms. The van der Waals surface area contributed by atoms with Crippen molar-refractivity contribution in [2.75, 3.05) is 13.7 Å². The molecule has 0 radical (unpaired) electrons. The van der Waals surface area contributed by atoms with Crippen molar-refractivity contribution in [3.8, 4) is 22.8 Å². The second kappa shape index (κ2) is 5.94. The van der Waals surface area contributed by atoms with Crippen LogP contribution in [0, 0.1) is 5.92 Å². The average Bonchev–Trinajstić information content (AvgIpc) is 3.37. The second-order valence-electron chi connectivity index (χ2n) is 7.18. The summed E-state index contributed by atoms with van der Waals surface area (Å²) in [5, 5.41) is 0. The van der Waals surface area contributed by atoms with Gasteiger partial charge in [-0.25, -0.2) is 0 Å². The summed E-state index contributed by atoms with van der Waals surface area (Å²) in [6.07, 6.45) is 4.11. The number of rotatable bonds is 5. The third-order valence-electron chi connectivity index (χ3n) is 5.67. The van der Waals surface area contributed by atoms with E-state index in [1.54, 1.807) is 7.11 Å². The monoisotopic (exact) mass is 339 g/mol. The Morgan fingerprint density at radius 2 is 2.00 bits per heavy atom. The molecule has 132 valence electrons. The van der Waals surface area contributed by atoms with Gasteiger partial charge in [-0.3, -0.25) is 4.79 Å². The molecule has 2 atom stereocenters. The minimum absolute atomic E-state index is 0.217. The number of nitrogens with zero attached hydrogens (tertiary/aromatic N) is 1. The zero-order valence-corrected chi connectivity index (χ0v) is 15.3. The Morgan fingerprint density at radius 1 is 1.24 bits per heavy atom. The summed E-state index contributed by atoms with van der Waals surface area (Å²) >= 11 is 0. The van der Waals surface area contributed by atoms with Crippen LogP contribution in [0.5, 0.6) is 11.5 Å². The molecule has 0 spiro atoms. The SMILES string of the molecule is CCOc1cc2c(cc1OC)C(C)C(C)n1ccc(C(=O)C3CC3)c1-2. The predicted octanol–water partition coefficient (Wildman–Crippen LogP) is 4.83. The fourth-order valence-corrected chi connectivity index (χ4v) is 3.92. The van der Waals surface area contributed by atoms with Gasteiger partial charge in [0.25, 0.3) is 0 Å². The summed E-state index contributed by atoms with van der Waals surface area (Å²) in [6.45, 7) is 6.99. The topological polar surface area (TPSA) is 40.5 Å². The maximum atomic E-state index is 12.8. The van der Waals surface area contributed by atoms with Crippen LogP contribution in [-0.2, 0) is 0 Å². The molecule has 1 aliphatic heterocycles. The Labute approximate surface area is 148 Å². The van der Waals surface area contributed by atoms with Gasteiger partial charge in [0.15, 0.2) is 17.3 Å². The van der Waals surface area contributed by atoms with Gasteiger partial charge < -0.3 is 14.0 Å². The number of Topliss-reactive ketones (excluding diaryl/α,β-unsaturated/α-hetero) is 1. The highest BCUT2D eigenvalue weighted by molar-refractivity contribution is 6.05. The number of benzene rings is 1. The zero-order chi connectivity index (χ0) is 17.7. The third-order valence-corrected chi connectivity index (χ3v) is 5.67. The summed E-state index contributed by atoms with van der Waals surface area (Å²) in [5.74, 6) is 2.34. The third kappa shape index (κ3) is 2.46. The molecule has 4 rings (SSSR count). The summed E-state index contributed by atoms with van der Waals surface area (Å²) in [7, 11) is 1.67. The Hall–Kier alpha value is -2.23. The molecule has 1 aromatic carbocycles. The lowest BCUT2D eigenvalue weighted by molar-refractivity contribution is 0.0968. The van der Waals surface area contributed by atoms with Crippen LogP contribution in [0.3, 0.4) is 0 Å². The van der Waals surface area contributed by atoms with E-state index >= 15 is 0 Å². The zero-order valence-electron chi connectivity index (χ0n) is 15.3. The first-order valence-electron chi connectivity index (χ1n) is 9.16. The summed E-state index contributed by atoms with van der Waals surface area (Å²) < 4.78 is 13.6. The Balaban J connectivity index is 1.93. The van der Waals surface area contributed by atoms with Crippen molar-refractivity contribution in [3.05, 3.63) is 35.5 Å². The Kier molecular flexibility index (Phi) is 3.86. The van der Waals surface area contributed by atoms with E-state index < -0.39 is 0 Å². The van der Waals surface area contributed by atoms with E-state index in [1.165, 1.54) is 5.56 Å². The summed E-state index contributed by atoms with van der Waals surface area (Å²) in [4.78, 5) is 12.8. The molecule has 2 unspecified atom stereocenters. The van der Waals surface area contributed by atoms with Crippen LogP contribution < -0.4 is 9.47 Å². The van der Waals surface area contributed by atoms with Crippen LogP contribution in [-0.4, -0.2) is 24.1 Å². The van der Waals surface area contributed by atoms with E-state index in [2.05, 4.69) is 36.7 Å². The molecule has 0 amide bonds. The van der Waals surface area contributed by atoms with Gasteiger partial charge in [-0.2, -0.15) is 0 Å². The highest BCUT2D eigenvalue weighted by atomic mass is 16.5. The number of hydrogen-bond donors (Lipinski definition) is 0. The molecule has 1 aliphatic carbocycles. The Bertz CT molecular complexity index is 832. The van der Waals surface area contributed by atoms with Crippen LogP contribution in [0.15, 0.2) is 24.4 Å². The molecular formula is C21H25NO3. The van der Waals surface area contributed by atoms with Crippen LogP contribution in [0.4, 0.5) is 0 Å². The molecule has 2 aliphatic rings. The molecule has 4 nitrogen and oxygen atoms in total. The van der Waals surface area contributed by atoms with Crippen LogP contribution in [0.25, 0.3) is 11.3 Å². The molecular weight excluding hydrogens is 314 g/mol. The lowest BCUT2D eigenvalue weighted by Crippen LogP contribution is -2.20. The molecule has 0 saturated heterocycles. The van der Waals surface area contributed by atoms with Crippen molar-refractivity contribution in [1.29, 1.82) is 0 Å². The van der Waals surface area contributed by atoms with Crippen molar-refractivity contribution in [1.82, 2.24) is 4.57 Å². The minimum Gasteiger partial charge on any atom is -0.493 e. The van der Waals surface area contributed by atoms with Gasteiger partial charge in [0.05, 0.1) is 19.4 Å². The number of methoxy groups -OCH3 is 1. The smallest absolute Gasteiger partial charge is 0.168 e. The second-order valence-corrected chi connectivity index (χ2v) is 7.18. The van der Waals surface area contributed by atoms with Crippen molar-refractivity contribution < 1.29 is 14.3 Å². The van der Waals surface area contributed by atoms with Gasteiger partial charge in [0, 0.05) is 35.2 Å². The average molecular weight is 339 g/mol. The van der Waals surface area contributed by atoms with E-state index in [9.17, 15) is 4.79 Å². The maximum absolute atomic E-state index is 12.8. The van der Waals surface area contributed by atoms with Crippen LogP contribution in [0.1, 0.15) is 61.5 Å². The van der Waals surface area contributed by atoms with Gasteiger partial charge >= 0.3 is 0 Å². The van der Waals surface area contributed by atoms with Crippen LogP contribution in [0.2, 0.25) is 0 Å². The standard InChI is InChI=1S/C21H25NO3/c1-5-25-19-11-17-16(10-18(19)24-4)12(2)13(3)22-9-8-15(20(17)22)21(23)14-6-7-14/h8-14H,5-7H2,1-4H3. The normalized spacial score (nSPS) is 21.4. The minimum atomic E-state index is 0.217. The largest absolute Gasteiger partial charge is 0.493 e. The molecule has 0 bridgehead atoms. The van der Waals surface area contributed by atoms with E-state index in [4.69, 9.17) is 9.47 Å². The van der Waals surface area contributed by atoms with Crippen LogP contribution >= 0.6 is 0 Å². The fraction of sp³-hybridized carbons (Fsp3) is 0.476. The summed E-state index contributed by atoms with van der Waals surface area (Å²) in [6, 6.07) is 6.43. The van der Waals surface area contributed by atoms with E-state index in [0.29, 0.717) is 18.6 Å². The molecule has 1 fully saturated rings. The maximum Gasteiger partial charge on any atom is 0.168 e. The van der Waals surface area contributed by atoms with Gasteiger partial charge in [-0.15, -0.1) is 0 Å². The molecule has 0 N–H and O–H groups in total. The highest BCUT2D eigenvalue weighted by Gasteiger charge is 2.37. The first-order valence-corrected chi connectivity index (χ1v) is 9.16. The van der Waals surface area contributed by atoms with Gasteiger partial charge in [0.2, 0.25) is 0 Å². The van der Waals surface area contributed by atoms with E-state index in [1.807, 2.05) is 13.0 Å². The quantitative estimate of drug-likeness (QED) is 0.732. The highest BCUT2D eigenvalue weighted by Crippen LogP contribution is 2.49. The molecule has 4 heteroatoms. The van der Waals surface area contributed by atoms with Crippen molar-refractivity contribution in [2.24, 2.45) is 5.92 Å². The number of fused-ring (bicyclic) bond motifs is 3. The van der Waals surface area contributed by atoms with Gasteiger partial charge in [0.1, 0.15) is 0 Å². The Morgan fingerprint density at radius 3 is 2.64 bits per heavy atom. The first-order chi connectivity index (χ1) is 12.1. The number of ether oxygens (including phenoxy) is 2.